The van der Waals surface area contributed by atoms with Crippen LogP contribution in [0.25, 0.3) is 0 Å². The first-order valence-electron chi connectivity index (χ1n) is 11.0. The van der Waals surface area contributed by atoms with Crippen molar-refractivity contribution in [2.75, 3.05) is 12.4 Å². The number of ketones is 1. The van der Waals surface area contributed by atoms with Crippen LogP contribution in [0.15, 0.2) is 48.5 Å². The third-order valence-corrected chi connectivity index (χ3v) is 6.08. The van der Waals surface area contributed by atoms with Gasteiger partial charge in [0.1, 0.15) is 17.4 Å². The number of H-pyrrole nitrogens is 1. The molecule has 1 fully saturated rings. The molecule has 1 aliphatic carbocycles. The molecule has 0 radical (unpaired) electrons. The number of carbonyl (C=O) groups excluding carboxylic acids is 2. The number of methoxy groups -OCH3 is 1. The van der Waals surface area contributed by atoms with Gasteiger partial charge in [0.15, 0.2) is 0 Å². The number of ether oxygens (including phenoxy) is 1. The molecule has 1 amide bonds. The van der Waals surface area contributed by atoms with Crippen LogP contribution < -0.4 is 10.1 Å². The molecule has 0 spiro atoms. The van der Waals surface area contributed by atoms with E-state index in [4.69, 9.17) is 4.74 Å². The number of benzene rings is 2. The number of nitrogens with one attached hydrogen (secondary N) is 2. The Morgan fingerprint density at radius 1 is 1.16 bits per heavy atom. The highest BCUT2D eigenvalue weighted by molar-refractivity contribution is 5.94. The molecule has 7 heteroatoms. The van der Waals surface area contributed by atoms with Crippen molar-refractivity contribution in [1.82, 2.24) is 15.2 Å². The second kappa shape index (κ2) is 9.77. The van der Waals surface area contributed by atoms with E-state index >= 15 is 0 Å². The van der Waals surface area contributed by atoms with Crippen LogP contribution in [0.3, 0.4) is 0 Å². The largest absolute Gasteiger partial charge is 0.497 e. The standard InChI is InChI=1S/C25H28N4O3/c1-16(19-10-6-17(7-11-19)14-20-4-3-5-22(20)30)24(31)27-25-26-23(28-29-25)15-18-8-12-21(32-2)13-9-18/h6-13,16,20H,3-5,14-15H2,1-2H3,(H2,26,27,28,29,31)/t16-,20-/m0/s1. The number of nitrogens with zero attached hydrogens (tertiary/aromatic N) is 2. The lowest BCUT2D eigenvalue weighted by Gasteiger charge is -2.13. The van der Waals surface area contributed by atoms with Crippen LogP contribution in [0.1, 0.15) is 54.6 Å². The molecule has 2 atom stereocenters. The highest BCUT2D eigenvalue weighted by Crippen LogP contribution is 2.26. The maximum atomic E-state index is 12.7. The fourth-order valence-corrected chi connectivity index (χ4v) is 4.07. The summed E-state index contributed by atoms with van der Waals surface area (Å²) in [5.74, 6) is 1.75. The van der Waals surface area contributed by atoms with Crippen molar-refractivity contribution >= 4 is 17.6 Å². The van der Waals surface area contributed by atoms with Crippen LogP contribution in [0.5, 0.6) is 5.75 Å². The molecule has 1 heterocycles. The van der Waals surface area contributed by atoms with Crippen molar-refractivity contribution < 1.29 is 14.3 Å². The molecule has 0 aliphatic heterocycles. The number of anilines is 1. The molecule has 3 aromatic rings. The Morgan fingerprint density at radius 2 is 1.88 bits per heavy atom. The molecule has 0 saturated heterocycles. The molecule has 1 aromatic heterocycles. The fourth-order valence-electron chi connectivity index (χ4n) is 4.07. The van der Waals surface area contributed by atoms with E-state index in [2.05, 4.69) is 20.5 Å². The molecular weight excluding hydrogens is 404 g/mol. The molecular formula is C25H28N4O3. The van der Waals surface area contributed by atoms with E-state index in [-0.39, 0.29) is 23.7 Å². The minimum absolute atomic E-state index is 0.152. The third-order valence-electron chi connectivity index (χ3n) is 6.08. The molecule has 2 aromatic carbocycles. The van der Waals surface area contributed by atoms with Crippen LogP contribution in [0.2, 0.25) is 0 Å². The first-order chi connectivity index (χ1) is 15.5. The molecule has 0 unspecified atom stereocenters. The van der Waals surface area contributed by atoms with Crippen LogP contribution in [-0.4, -0.2) is 34.0 Å². The topological polar surface area (TPSA) is 97.0 Å². The van der Waals surface area contributed by atoms with Crippen LogP contribution in [0, 0.1) is 5.92 Å². The lowest BCUT2D eigenvalue weighted by molar-refractivity contribution is -0.120. The second-order valence-corrected chi connectivity index (χ2v) is 8.34. The summed E-state index contributed by atoms with van der Waals surface area (Å²) in [4.78, 5) is 28.9. The Morgan fingerprint density at radius 3 is 2.53 bits per heavy atom. The zero-order valence-electron chi connectivity index (χ0n) is 18.4. The van der Waals surface area contributed by atoms with Crippen molar-refractivity contribution in [2.24, 2.45) is 5.92 Å². The number of aromatic amines is 1. The number of rotatable bonds is 8. The van der Waals surface area contributed by atoms with Gasteiger partial charge in [-0.2, -0.15) is 4.98 Å². The molecule has 2 N–H and O–H groups in total. The molecule has 7 nitrogen and oxygen atoms in total. The molecule has 166 valence electrons. The van der Waals surface area contributed by atoms with Gasteiger partial charge in [-0.25, -0.2) is 0 Å². The van der Waals surface area contributed by atoms with Gasteiger partial charge in [-0.3, -0.25) is 20.0 Å². The van der Waals surface area contributed by atoms with E-state index in [0.29, 0.717) is 24.4 Å². The lowest BCUT2D eigenvalue weighted by atomic mass is 9.94. The molecule has 0 bridgehead atoms. The highest BCUT2D eigenvalue weighted by Gasteiger charge is 2.24. The van der Waals surface area contributed by atoms with Crippen molar-refractivity contribution in [3.05, 3.63) is 71.0 Å². The van der Waals surface area contributed by atoms with Gasteiger partial charge in [0, 0.05) is 18.8 Å². The quantitative estimate of drug-likeness (QED) is 0.560. The van der Waals surface area contributed by atoms with Crippen molar-refractivity contribution in [3.63, 3.8) is 0 Å². The molecule has 1 aliphatic rings. The average Bonchev–Trinajstić information content (AvgIpc) is 3.42. The predicted molar refractivity (Wildman–Crippen MR) is 122 cm³/mol. The van der Waals surface area contributed by atoms with Gasteiger partial charge < -0.3 is 4.74 Å². The smallest absolute Gasteiger partial charge is 0.248 e. The molecule has 32 heavy (non-hydrogen) atoms. The maximum Gasteiger partial charge on any atom is 0.248 e. The van der Waals surface area contributed by atoms with Crippen molar-refractivity contribution in [3.8, 4) is 5.75 Å². The first-order valence-corrected chi connectivity index (χ1v) is 11.0. The maximum absolute atomic E-state index is 12.7. The van der Waals surface area contributed by atoms with Gasteiger partial charge in [-0.1, -0.05) is 36.4 Å². The second-order valence-electron chi connectivity index (χ2n) is 8.34. The Bertz CT molecular complexity index is 1070. The summed E-state index contributed by atoms with van der Waals surface area (Å²) in [6.07, 6.45) is 4.06. The summed E-state index contributed by atoms with van der Waals surface area (Å²) in [7, 11) is 1.63. The van der Waals surface area contributed by atoms with Gasteiger partial charge >= 0.3 is 0 Å². The van der Waals surface area contributed by atoms with Crippen molar-refractivity contribution in [1.29, 1.82) is 0 Å². The summed E-state index contributed by atoms with van der Waals surface area (Å²) in [5.41, 5.74) is 3.12. The van der Waals surface area contributed by atoms with E-state index in [1.807, 2.05) is 55.5 Å². The van der Waals surface area contributed by atoms with E-state index in [9.17, 15) is 9.59 Å². The minimum Gasteiger partial charge on any atom is -0.497 e. The number of Topliss-reactive ketones (excluding diaryl/α,β-unsaturated/α-hetero) is 1. The Balaban J connectivity index is 1.32. The highest BCUT2D eigenvalue weighted by atomic mass is 16.5. The number of amides is 1. The number of hydrogen-bond donors (Lipinski definition) is 2. The normalized spacial score (nSPS) is 16.7. The van der Waals surface area contributed by atoms with E-state index in [0.717, 1.165) is 41.7 Å². The van der Waals surface area contributed by atoms with Crippen molar-refractivity contribution in [2.45, 2.75) is 44.9 Å². The van der Waals surface area contributed by atoms with Crippen LogP contribution in [-0.2, 0) is 22.4 Å². The summed E-state index contributed by atoms with van der Waals surface area (Å²) >= 11 is 0. The number of carbonyl (C=O) groups is 2. The predicted octanol–water partition coefficient (Wildman–Crippen LogP) is 4.06. The summed E-state index contributed by atoms with van der Waals surface area (Å²) < 4.78 is 5.17. The zero-order valence-corrected chi connectivity index (χ0v) is 18.4. The Kier molecular flexibility index (Phi) is 6.63. The van der Waals surface area contributed by atoms with Crippen LogP contribution >= 0.6 is 0 Å². The zero-order chi connectivity index (χ0) is 22.5. The summed E-state index contributed by atoms with van der Waals surface area (Å²) in [5, 5.41) is 9.78. The van der Waals surface area contributed by atoms with E-state index < -0.39 is 0 Å². The average molecular weight is 433 g/mol. The van der Waals surface area contributed by atoms with Gasteiger partial charge in [0.25, 0.3) is 0 Å². The molecule has 1 saturated carbocycles. The van der Waals surface area contributed by atoms with Crippen LogP contribution in [0.4, 0.5) is 5.95 Å². The lowest BCUT2D eigenvalue weighted by Crippen LogP contribution is -2.19. The van der Waals surface area contributed by atoms with E-state index in [1.54, 1.807) is 7.11 Å². The van der Waals surface area contributed by atoms with Gasteiger partial charge in [0.2, 0.25) is 11.9 Å². The van der Waals surface area contributed by atoms with Gasteiger partial charge in [0.05, 0.1) is 13.0 Å². The number of aromatic nitrogens is 3. The summed E-state index contributed by atoms with van der Waals surface area (Å²) in [6.45, 7) is 1.86. The number of hydrogen-bond acceptors (Lipinski definition) is 5. The Labute approximate surface area is 187 Å². The summed E-state index contributed by atoms with van der Waals surface area (Å²) in [6, 6.07) is 15.7. The third kappa shape index (κ3) is 5.22. The van der Waals surface area contributed by atoms with E-state index in [1.165, 1.54) is 0 Å². The fraction of sp³-hybridized carbons (Fsp3) is 0.360. The molecule has 4 rings (SSSR count). The Hall–Kier alpha value is -3.48. The van der Waals surface area contributed by atoms with Gasteiger partial charge in [-0.15, -0.1) is 5.10 Å². The monoisotopic (exact) mass is 432 g/mol. The van der Waals surface area contributed by atoms with Gasteiger partial charge in [-0.05, 0) is 55.0 Å². The first kappa shape index (κ1) is 21.7. The SMILES string of the molecule is COc1ccc(Cc2nc(NC(=O)[C@@H](C)c3ccc(C[C@@H]4CCCC4=O)cc3)n[nH]2)cc1. The minimum atomic E-state index is -0.347.